The molecule has 3 aromatic rings. The largest absolute Gasteiger partial charge is 0.337 e. The van der Waals surface area contributed by atoms with E-state index < -0.39 is 15.9 Å². The SMILES string of the molecule is Cc1cccc(-c2noc(CN3C(=O)c4ccccc4S3(=O)=O)n2)c1. The van der Waals surface area contributed by atoms with Crippen molar-refractivity contribution in [2.75, 3.05) is 0 Å². The van der Waals surface area contributed by atoms with Crippen LogP contribution in [0.3, 0.4) is 0 Å². The highest BCUT2D eigenvalue weighted by Crippen LogP contribution is 2.31. The van der Waals surface area contributed by atoms with Crippen molar-refractivity contribution in [1.29, 1.82) is 0 Å². The van der Waals surface area contributed by atoms with E-state index >= 15 is 0 Å². The van der Waals surface area contributed by atoms with Crippen molar-refractivity contribution in [3.63, 3.8) is 0 Å². The first-order valence-corrected chi connectivity index (χ1v) is 8.96. The van der Waals surface area contributed by atoms with E-state index in [2.05, 4.69) is 10.1 Å². The summed E-state index contributed by atoms with van der Waals surface area (Å²) in [7, 11) is -3.90. The van der Waals surface area contributed by atoms with Crippen LogP contribution in [0.15, 0.2) is 57.9 Å². The lowest BCUT2D eigenvalue weighted by Crippen LogP contribution is -2.29. The Kier molecular flexibility index (Phi) is 3.43. The van der Waals surface area contributed by atoms with Crippen LogP contribution < -0.4 is 0 Å². The van der Waals surface area contributed by atoms with Gasteiger partial charge in [-0.05, 0) is 25.1 Å². The van der Waals surface area contributed by atoms with E-state index in [9.17, 15) is 13.2 Å². The van der Waals surface area contributed by atoms with E-state index in [0.29, 0.717) is 5.82 Å². The Balaban J connectivity index is 1.65. The molecule has 0 N–H and O–H groups in total. The molecule has 0 radical (unpaired) electrons. The molecule has 0 saturated carbocycles. The number of fused-ring (bicyclic) bond motifs is 1. The van der Waals surface area contributed by atoms with Gasteiger partial charge in [-0.15, -0.1) is 0 Å². The van der Waals surface area contributed by atoms with Crippen molar-refractivity contribution < 1.29 is 17.7 Å². The summed E-state index contributed by atoms with van der Waals surface area (Å²) in [6.45, 7) is 1.64. The van der Waals surface area contributed by atoms with Gasteiger partial charge in [0, 0.05) is 5.56 Å². The Bertz CT molecular complexity index is 1090. The standard InChI is InChI=1S/C17H13N3O4S/c1-11-5-4-6-12(9-11)16-18-15(24-19-16)10-20-17(21)13-7-2-3-8-14(13)25(20,22)23/h2-9H,10H2,1H3. The minimum Gasteiger partial charge on any atom is -0.337 e. The zero-order valence-corrected chi connectivity index (χ0v) is 14.0. The maximum absolute atomic E-state index is 12.5. The number of nitrogens with zero attached hydrogens (tertiary/aromatic N) is 3. The third-order valence-electron chi connectivity index (χ3n) is 3.94. The maximum atomic E-state index is 12.5. The molecule has 0 aliphatic carbocycles. The molecule has 0 atom stereocenters. The quantitative estimate of drug-likeness (QED) is 0.716. The van der Waals surface area contributed by atoms with Crippen LogP contribution in [0.25, 0.3) is 11.4 Å². The predicted octanol–water partition coefficient (Wildman–Crippen LogP) is 2.39. The zero-order chi connectivity index (χ0) is 17.6. The third-order valence-corrected chi connectivity index (χ3v) is 5.72. The highest BCUT2D eigenvalue weighted by atomic mass is 32.2. The summed E-state index contributed by atoms with van der Waals surface area (Å²) in [6.07, 6.45) is 0. The second-order valence-electron chi connectivity index (χ2n) is 5.69. The van der Waals surface area contributed by atoms with E-state index in [-0.39, 0.29) is 22.9 Å². The fraction of sp³-hybridized carbons (Fsp3) is 0.118. The monoisotopic (exact) mass is 355 g/mol. The van der Waals surface area contributed by atoms with Gasteiger partial charge in [-0.2, -0.15) is 4.98 Å². The van der Waals surface area contributed by atoms with Gasteiger partial charge in [0.25, 0.3) is 15.9 Å². The molecule has 2 heterocycles. The van der Waals surface area contributed by atoms with Gasteiger partial charge in [0.1, 0.15) is 11.4 Å². The summed E-state index contributed by atoms with van der Waals surface area (Å²) < 4.78 is 31.0. The van der Waals surface area contributed by atoms with Gasteiger partial charge >= 0.3 is 0 Å². The van der Waals surface area contributed by atoms with Crippen LogP contribution in [0, 0.1) is 6.92 Å². The summed E-state index contributed by atoms with van der Waals surface area (Å²) >= 11 is 0. The smallest absolute Gasteiger partial charge is 0.269 e. The molecule has 1 aliphatic rings. The summed E-state index contributed by atoms with van der Waals surface area (Å²) in [5.74, 6) is -0.188. The first-order valence-electron chi connectivity index (χ1n) is 7.52. The number of carbonyl (C=O) groups excluding carboxylic acids is 1. The van der Waals surface area contributed by atoms with Crippen LogP contribution in [0.2, 0.25) is 0 Å². The summed E-state index contributed by atoms with van der Waals surface area (Å²) in [6, 6.07) is 13.6. The lowest BCUT2D eigenvalue weighted by Gasteiger charge is -2.11. The molecule has 7 nitrogen and oxygen atoms in total. The van der Waals surface area contributed by atoms with E-state index in [0.717, 1.165) is 15.4 Å². The number of aryl methyl sites for hydroxylation is 1. The number of hydrogen-bond acceptors (Lipinski definition) is 6. The number of benzene rings is 2. The van der Waals surface area contributed by atoms with Crippen molar-refractivity contribution in [2.24, 2.45) is 0 Å². The van der Waals surface area contributed by atoms with Crippen molar-refractivity contribution >= 4 is 15.9 Å². The van der Waals surface area contributed by atoms with Crippen LogP contribution in [-0.2, 0) is 16.6 Å². The van der Waals surface area contributed by atoms with Gasteiger partial charge in [-0.3, -0.25) is 4.79 Å². The van der Waals surface area contributed by atoms with Crippen LogP contribution >= 0.6 is 0 Å². The highest BCUT2D eigenvalue weighted by molar-refractivity contribution is 7.90. The van der Waals surface area contributed by atoms with E-state index in [1.807, 2.05) is 31.2 Å². The summed E-state index contributed by atoms with van der Waals surface area (Å²) in [5, 5.41) is 3.87. The molecule has 1 aliphatic heterocycles. The number of sulfonamides is 1. The number of rotatable bonds is 3. The third kappa shape index (κ3) is 2.51. The molecule has 1 amide bonds. The number of aromatic nitrogens is 2. The molecule has 0 spiro atoms. The number of amides is 1. The normalized spacial score (nSPS) is 15.4. The van der Waals surface area contributed by atoms with Crippen LogP contribution in [-0.4, -0.2) is 28.8 Å². The maximum Gasteiger partial charge on any atom is 0.269 e. The fourth-order valence-electron chi connectivity index (χ4n) is 2.73. The lowest BCUT2D eigenvalue weighted by atomic mass is 10.1. The Morgan fingerprint density at radius 2 is 1.92 bits per heavy atom. The Labute approximate surface area is 144 Å². The molecule has 0 bridgehead atoms. The molecule has 0 unspecified atom stereocenters. The van der Waals surface area contributed by atoms with Crippen LogP contribution in [0.5, 0.6) is 0 Å². The molecule has 126 valence electrons. The van der Waals surface area contributed by atoms with Gasteiger partial charge in [0.2, 0.25) is 11.7 Å². The van der Waals surface area contributed by atoms with E-state index in [1.54, 1.807) is 12.1 Å². The summed E-state index contributed by atoms with van der Waals surface area (Å²) in [5.41, 5.74) is 1.95. The Morgan fingerprint density at radius 1 is 1.12 bits per heavy atom. The molecule has 8 heteroatoms. The minimum absolute atomic E-state index is 0.00146. The predicted molar refractivity (Wildman–Crippen MR) is 88.0 cm³/mol. The van der Waals surface area contributed by atoms with Gasteiger partial charge in [0.15, 0.2) is 0 Å². The van der Waals surface area contributed by atoms with Gasteiger partial charge in [-0.25, -0.2) is 12.7 Å². The average molecular weight is 355 g/mol. The van der Waals surface area contributed by atoms with Gasteiger partial charge in [-0.1, -0.05) is 41.1 Å². The second kappa shape index (κ2) is 5.52. The molecule has 1 aromatic heterocycles. The average Bonchev–Trinajstić information content (AvgIpc) is 3.14. The molecule has 25 heavy (non-hydrogen) atoms. The summed E-state index contributed by atoms with van der Waals surface area (Å²) in [4.78, 5) is 16.6. The number of carbonyl (C=O) groups is 1. The number of hydrogen-bond donors (Lipinski definition) is 0. The minimum atomic E-state index is -3.90. The molecule has 0 fully saturated rings. The van der Waals surface area contributed by atoms with Crippen molar-refractivity contribution in [2.45, 2.75) is 18.4 Å². The first kappa shape index (κ1) is 15.5. The Hall–Kier alpha value is -3.00. The highest BCUT2D eigenvalue weighted by Gasteiger charge is 2.41. The molecule has 0 saturated heterocycles. The zero-order valence-electron chi connectivity index (χ0n) is 13.2. The van der Waals surface area contributed by atoms with Crippen molar-refractivity contribution in [3.8, 4) is 11.4 Å². The molecular weight excluding hydrogens is 342 g/mol. The van der Waals surface area contributed by atoms with Gasteiger partial charge in [0.05, 0.1) is 5.56 Å². The topological polar surface area (TPSA) is 93.4 Å². The molecular formula is C17H13N3O4S. The van der Waals surface area contributed by atoms with E-state index in [4.69, 9.17) is 4.52 Å². The van der Waals surface area contributed by atoms with Crippen LogP contribution in [0.1, 0.15) is 21.8 Å². The Morgan fingerprint density at radius 3 is 2.68 bits per heavy atom. The van der Waals surface area contributed by atoms with Crippen LogP contribution in [0.4, 0.5) is 0 Å². The van der Waals surface area contributed by atoms with Gasteiger partial charge < -0.3 is 4.52 Å². The van der Waals surface area contributed by atoms with Crippen molar-refractivity contribution in [1.82, 2.24) is 14.4 Å². The molecule has 2 aromatic carbocycles. The second-order valence-corrected chi connectivity index (χ2v) is 7.52. The van der Waals surface area contributed by atoms with Crippen molar-refractivity contribution in [3.05, 3.63) is 65.5 Å². The van der Waals surface area contributed by atoms with E-state index in [1.165, 1.54) is 12.1 Å². The first-order chi connectivity index (χ1) is 12.0. The fourth-order valence-corrected chi connectivity index (χ4v) is 4.25. The lowest BCUT2D eigenvalue weighted by molar-refractivity contribution is 0.0855. The molecule has 4 rings (SSSR count).